The average Bonchev–Trinajstić information content (AvgIpc) is 3.42. The summed E-state index contributed by atoms with van der Waals surface area (Å²) in [4.78, 5) is 17.4. The van der Waals surface area contributed by atoms with E-state index in [-0.39, 0.29) is 16.6 Å². The zero-order valence-corrected chi connectivity index (χ0v) is 19.7. The van der Waals surface area contributed by atoms with Gasteiger partial charge in [0.05, 0.1) is 16.8 Å². The monoisotopic (exact) mass is 483 g/mol. The number of rotatable bonds is 6. The number of thiazole rings is 1. The molecule has 0 saturated heterocycles. The number of benzene rings is 2. The molecule has 0 spiro atoms. The first-order chi connectivity index (χ1) is 15.7. The molecule has 0 aliphatic rings. The molecule has 4 aromatic rings. The summed E-state index contributed by atoms with van der Waals surface area (Å²) in [5.41, 5.74) is 2.54. The zero-order chi connectivity index (χ0) is 23.8. The molecular formula is C22H21N5O4S2. The molecule has 3 N–H and O–H groups in total. The second-order valence-electron chi connectivity index (χ2n) is 7.36. The molecule has 33 heavy (non-hydrogen) atoms. The third kappa shape index (κ3) is 4.45. The van der Waals surface area contributed by atoms with Crippen LogP contribution in [-0.2, 0) is 10.0 Å². The van der Waals surface area contributed by atoms with Gasteiger partial charge in [-0.1, -0.05) is 35.6 Å². The van der Waals surface area contributed by atoms with Crippen LogP contribution in [0.5, 0.6) is 5.75 Å². The standard InChI is InChI=1S/C22H21N5O4S2/c1-13-9-10-17(28)15(3)19(13)24-21(29)18-11-23-22(32-18)25-20-14(2)12-27(26-20)33(30,31)16-7-5-4-6-8-16/h4-12,28H,1-3H3,(H,24,29)(H,23,25,26). The van der Waals surface area contributed by atoms with Crippen LogP contribution in [0.2, 0.25) is 0 Å². The molecule has 0 saturated carbocycles. The summed E-state index contributed by atoms with van der Waals surface area (Å²) in [5.74, 6) is 0.0424. The van der Waals surface area contributed by atoms with Gasteiger partial charge >= 0.3 is 0 Å². The van der Waals surface area contributed by atoms with Crippen molar-refractivity contribution >= 4 is 43.9 Å². The number of aryl methyl sites for hydroxylation is 2. The van der Waals surface area contributed by atoms with Gasteiger partial charge in [-0.2, -0.15) is 12.5 Å². The minimum atomic E-state index is -3.82. The van der Waals surface area contributed by atoms with Crippen molar-refractivity contribution in [1.29, 1.82) is 0 Å². The van der Waals surface area contributed by atoms with Gasteiger partial charge in [0.25, 0.3) is 15.9 Å². The summed E-state index contributed by atoms with van der Waals surface area (Å²) in [6.07, 6.45) is 2.84. The smallest absolute Gasteiger partial charge is 0.283 e. The topological polar surface area (TPSA) is 126 Å². The molecule has 0 aliphatic heterocycles. The van der Waals surface area contributed by atoms with Crippen molar-refractivity contribution in [2.24, 2.45) is 0 Å². The van der Waals surface area contributed by atoms with Crippen molar-refractivity contribution in [3.05, 3.63) is 76.4 Å². The number of hydrogen-bond donors (Lipinski definition) is 3. The van der Waals surface area contributed by atoms with Crippen molar-refractivity contribution < 1.29 is 18.3 Å². The fraction of sp³-hybridized carbons (Fsp3) is 0.136. The van der Waals surface area contributed by atoms with Crippen molar-refractivity contribution in [2.45, 2.75) is 25.7 Å². The van der Waals surface area contributed by atoms with Crippen LogP contribution in [0.1, 0.15) is 26.4 Å². The van der Waals surface area contributed by atoms with E-state index in [1.165, 1.54) is 24.5 Å². The van der Waals surface area contributed by atoms with Crippen LogP contribution >= 0.6 is 11.3 Å². The summed E-state index contributed by atoms with van der Waals surface area (Å²) in [6.45, 7) is 5.28. The fourth-order valence-corrected chi connectivity index (χ4v) is 5.04. The predicted molar refractivity (Wildman–Crippen MR) is 127 cm³/mol. The van der Waals surface area contributed by atoms with E-state index in [1.807, 2.05) is 6.92 Å². The molecule has 0 unspecified atom stereocenters. The lowest BCUT2D eigenvalue weighted by Crippen LogP contribution is -2.13. The highest BCUT2D eigenvalue weighted by Gasteiger charge is 2.21. The molecule has 0 atom stereocenters. The first-order valence-electron chi connectivity index (χ1n) is 9.87. The predicted octanol–water partition coefficient (Wildman–Crippen LogP) is 4.20. The van der Waals surface area contributed by atoms with E-state index >= 15 is 0 Å². The third-order valence-corrected chi connectivity index (χ3v) is 7.46. The minimum Gasteiger partial charge on any atom is -0.508 e. The van der Waals surface area contributed by atoms with Crippen LogP contribution in [0.3, 0.4) is 0 Å². The third-order valence-electron chi connectivity index (χ3n) is 5.00. The van der Waals surface area contributed by atoms with Gasteiger partial charge in [0.1, 0.15) is 10.6 Å². The number of aromatic nitrogens is 3. The number of phenolic OH excluding ortho intramolecular Hbond substituents is 1. The van der Waals surface area contributed by atoms with Gasteiger partial charge < -0.3 is 15.7 Å². The molecule has 1 amide bonds. The Morgan fingerprint density at radius 1 is 1.06 bits per heavy atom. The summed E-state index contributed by atoms with van der Waals surface area (Å²) in [6, 6.07) is 11.3. The average molecular weight is 484 g/mol. The SMILES string of the molecule is Cc1cn(S(=O)(=O)c2ccccc2)nc1Nc1ncc(C(=O)Nc2c(C)ccc(O)c2C)s1. The molecule has 11 heteroatoms. The highest BCUT2D eigenvalue weighted by Crippen LogP contribution is 2.30. The van der Waals surface area contributed by atoms with E-state index in [2.05, 4.69) is 20.7 Å². The van der Waals surface area contributed by atoms with Gasteiger partial charge in [0, 0.05) is 17.3 Å². The number of phenols is 1. The van der Waals surface area contributed by atoms with Crippen LogP contribution in [-0.4, -0.2) is 33.6 Å². The fourth-order valence-electron chi connectivity index (χ4n) is 3.12. The number of nitrogens with one attached hydrogen (secondary N) is 2. The maximum absolute atomic E-state index is 12.8. The molecule has 170 valence electrons. The number of anilines is 3. The molecule has 2 aromatic heterocycles. The Morgan fingerprint density at radius 2 is 1.79 bits per heavy atom. The number of carbonyl (C=O) groups excluding carboxylic acids is 1. The Labute approximate surface area is 194 Å². The zero-order valence-electron chi connectivity index (χ0n) is 18.0. The summed E-state index contributed by atoms with van der Waals surface area (Å²) in [7, 11) is -3.82. The Balaban J connectivity index is 1.53. The van der Waals surface area contributed by atoms with Gasteiger partial charge in [0.15, 0.2) is 10.9 Å². The molecule has 0 radical (unpaired) electrons. The maximum atomic E-state index is 12.8. The van der Waals surface area contributed by atoms with E-state index in [4.69, 9.17) is 0 Å². The highest BCUT2D eigenvalue weighted by atomic mass is 32.2. The van der Waals surface area contributed by atoms with Crippen molar-refractivity contribution in [2.75, 3.05) is 10.6 Å². The van der Waals surface area contributed by atoms with Crippen molar-refractivity contribution in [3.63, 3.8) is 0 Å². The largest absolute Gasteiger partial charge is 0.508 e. The summed E-state index contributed by atoms with van der Waals surface area (Å²) in [5, 5.41) is 20.2. The van der Waals surface area contributed by atoms with Gasteiger partial charge in [-0.25, -0.2) is 4.98 Å². The molecule has 9 nitrogen and oxygen atoms in total. The second-order valence-corrected chi connectivity index (χ2v) is 10.2. The van der Waals surface area contributed by atoms with Gasteiger partial charge in [0.2, 0.25) is 0 Å². The van der Waals surface area contributed by atoms with Gasteiger partial charge in [-0.05, 0) is 44.5 Å². The first kappa shape index (κ1) is 22.5. The Kier molecular flexibility index (Phi) is 5.91. The van der Waals surface area contributed by atoms with Crippen LogP contribution in [0.4, 0.5) is 16.6 Å². The molecule has 0 fully saturated rings. The molecule has 2 heterocycles. The second kappa shape index (κ2) is 8.68. The Morgan fingerprint density at radius 3 is 2.52 bits per heavy atom. The number of carbonyl (C=O) groups is 1. The Bertz CT molecular complexity index is 1440. The van der Waals surface area contributed by atoms with E-state index in [0.717, 1.165) is 21.0 Å². The molecule has 2 aromatic carbocycles. The number of aromatic hydroxyl groups is 1. The van der Waals surface area contributed by atoms with Crippen LogP contribution in [0.25, 0.3) is 0 Å². The number of nitrogens with zero attached hydrogens (tertiary/aromatic N) is 3. The van der Waals surface area contributed by atoms with Gasteiger partial charge in [-0.15, -0.1) is 5.10 Å². The summed E-state index contributed by atoms with van der Waals surface area (Å²) < 4.78 is 26.5. The number of hydrogen-bond acceptors (Lipinski definition) is 8. The minimum absolute atomic E-state index is 0.0964. The molecule has 4 rings (SSSR count). The molecular weight excluding hydrogens is 462 g/mol. The maximum Gasteiger partial charge on any atom is 0.283 e. The summed E-state index contributed by atoms with van der Waals surface area (Å²) >= 11 is 1.10. The number of amides is 1. The van der Waals surface area contributed by atoms with E-state index in [0.29, 0.717) is 32.6 Å². The lowest BCUT2D eigenvalue weighted by molar-refractivity contribution is 0.103. The quantitative estimate of drug-likeness (QED) is 0.375. The highest BCUT2D eigenvalue weighted by molar-refractivity contribution is 7.89. The van der Waals surface area contributed by atoms with E-state index < -0.39 is 10.0 Å². The lowest BCUT2D eigenvalue weighted by Gasteiger charge is -2.11. The first-order valence-corrected chi connectivity index (χ1v) is 12.1. The van der Waals surface area contributed by atoms with Crippen molar-refractivity contribution in [1.82, 2.24) is 14.2 Å². The van der Waals surface area contributed by atoms with Crippen molar-refractivity contribution in [3.8, 4) is 5.75 Å². The van der Waals surface area contributed by atoms with Crippen LogP contribution in [0.15, 0.2) is 59.8 Å². The van der Waals surface area contributed by atoms with E-state index in [1.54, 1.807) is 44.2 Å². The van der Waals surface area contributed by atoms with E-state index in [9.17, 15) is 18.3 Å². The molecule has 0 aliphatic carbocycles. The van der Waals surface area contributed by atoms with Gasteiger partial charge in [-0.3, -0.25) is 4.79 Å². The van der Waals surface area contributed by atoms with Crippen LogP contribution < -0.4 is 10.6 Å². The Hall–Kier alpha value is -3.70. The molecule has 0 bridgehead atoms. The normalized spacial score (nSPS) is 11.4. The van der Waals surface area contributed by atoms with Crippen LogP contribution in [0, 0.1) is 20.8 Å². The lowest BCUT2D eigenvalue weighted by atomic mass is 10.1.